The first-order chi connectivity index (χ1) is 13.5. The second kappa shape index (κ2) is 7.78. The SMILES string of the molecule is CCC1(CC)CN([C@@H]2C[C@@H](c3ccc(F)cc3)c3ccc(Cl)cc32)CCN1C. The summed E-state index contributed by atoms with van der Waals surface area (Å²) in [7, 11) is 2.27. The van der Waals surface area contributed by atoms with Crippen LogP contribution in [0.15, 0.2) is 42.5 Å². The second-order valence-electron chi connectivity index (χ2n) is 8.45. The van der Waals surface area contributed by atoms with Crippen LogP contribution in [0.2, 0.25) is 5.02 Å². The predicted octanol–water partition coefficient (Wildman–Crippen LogP) is 5.86. The molecule has 2 atom stereocenters. The van der Waals surface area contributed by atoms with Gasteiger partial charge in [0.2, 0.25) is 0 Å². The normalized spacial score (nSPS) is 25.0. The third-order valence-corrected chi connectivity index (χ3v) is 7.54. The van der Waals surface area contributed by atoms with E-state index in [9.17, 15) is 4.39 Å². The average molecular weight is 401 g/mol. The Hall–Kier alpha value is -1.42. The monoisotopic (exact) mass is 400 g/mol. The Kier molecular flexibility index (Phi) is 5.52. The van der Waals surface area contributed by atoms with E-state index in [0.717, 1.165) is 43.9 Å². The number of fused-ring (bicyclic) bond motifs is 1. The minimum atomic E-state index is -0.177. The van der Waals surface area contributed by atoms with Crippen LogP contribution in [0.5, 0.6) is 0 Å². The quantitative estimate of drug-likeness (QED) is 0.634. The van der Waals surface area contributed by atoms with Gasteiger partial charge in [0.1, 0.15) is 5.82 Å². The van der Waals surface area contributed by atoms with Crippen molar-refractivity contribution < 1.29 is 4.39 Å². The van der Waals surface area contributed by atoms with E-state index in [4.69, 9.17) is 11.6 Å². The molecule has 2 aromatic carbocycles. The van der Waals surface area contributed by atoms with Crippen molar-refractivity contribution in [2.75, 3.05) is 26.7 Å². The molecular formula is C24H30ClFN2. The number of hydrogen-bond acceptors (Lipinski definition) is 2. The summed E-state index contributed by atoms with van der Waals surface area (Å²) in [4.78, 5) is 5.22. The summed E-state index contributed by atoms with van der Waals surface area (Å²) in [6, 6.07) is 13.7. The highest BCUT2D eigenvalue weighted by atomic mass is 35.5. The van der Waals surface area contributed by atoms with Gasteiger partial charge in [-0.3, -0.25) is 9.80 Å². The van der Waals surface area contributed by atoms with Crippen molar-refractivity contribution in [1.29, 1.82) is 0 Å². The maximum Gasteiger partial charge on any atom is 0.123 e. The van der Waals surface area contributed by atoms with Crippen molar-refractivity contribution in [3.8, 4) is 0 Å². The van der Waals surface area contributed by atoms with Gasteiger partial charge < -0.3 is 0 Å². The van der Waals surface area contributed by atoms with E-state index in [0.29, 0.717) is 12.0 Å². The predicted molar refractivity (Wildman–Crippen MR) is 115 cm³/mol. The fourth-order valence-corrected chi connectivity index (χ4v) is 5.54. The smallest absolute Gasteiger partial charge is 0.123 e. The minimum absolute atomic E-state index is 0.177. The molecule has 150 valence electrons. The van der Waals surface area contributed by atoms with Gasteiger partial charge in [0.05, 0.1) is 0 Å². The Labute approximate surface area is 173 Å². The Morgan fingerprint density at radius 1 is 1.04 bits per heavy atom. The first-order valence-electron chi connectivity index (χ1n) is 10.5. The standard InChI is InChI=1S/C24H30ClFN2/c1-4-24(5-2)16-28(13-12-27(24)3)23-15-21(17-6-9-19(26)10-7-17)20-11-8-18(25)14-22(20)23/h6-11,14,21,23H,4-5,12-13,15-16H2,1-3H3/t21-,23+/m0/s1. The zero-order valence-corrected chi connectivity index (χ0v) is 17.8. The molecule has 1 aliphatic heterocycles. The van der Waals surface area contributed by atoms with Gasteiger partial charge in [-0.05, 0) is 67.3 Å². The molecule has 2 nitrogen and oxygen atoms in total. The van der Waals surface area contributed by atoms with Gasteiger partial charge in [0, 0.05) is 42.2 Å². The summed E-state index contributed by atoms with van der Waals surface area (Å²) < 4.78 is 13.5. The van der Waals surface area contributed by atoms with Crippen LogP contribution in [-0.4, -0.2) is 42.0 Å². The van der Waals surface area contributed by atoms with Gasteiger partial charge in [-0.15, -0.1) is 0 Å². The lowest BCUT2D eigenvalue weighted by atomic mass is 9.87. The van der Waals surface area contributed by atoms with Crippen molar-refractivity contribution in [3.05, 3.63) is 70.0 Å². The van der Waals surface area contributed by atoms with Gasteiger partial charge in [-0.25, -0.2) is 4.39 Å². The van der Waals surface area contributed by atoms with Crippen LogP contribution in [0.1, 0.15) is 61.8 Å². The molecule has 4 rings (SSSR count). The van der Waals surface area contributed by atoms with Crippen LogP contribution in [0, 0.1) is 5.82 Å². The van der Waals surface area contributed by atoms with Gasteiger partial charge in [0.25, 0.3) is 0 Å². The zero-order valence-electron chi connectivity index (χ0n) is 17.1. The summed E-state index contributed by atoms with van der Waals surface area (Å²) >= 11 is 6.40. The van der Waals surface area contributed by atoms with Crippen molar-refractivity contribution >= 4 is 11.6 Å². The lowest BCUT2D eigenvalue weighted by Gasteiger charge is -2.51. The third kappa shape index (κ3) is 3.38. The zero-order chi connectivity index (χ0) is 19.9. The number of nitrogens with zero attached hydrogens (tertiary/aromatic N) is 2. The molecule has 0 N–H and O–H groups in total. The fourth-order valence-electron chi connectivity index (χ4n) is 5.36. The highest BCUT2D eigenvalue weighted by molar-refractivity contribution is 6.30. The van der Waals surface area contributed by atoms with Crippen LogP contribution < -0.4 is 0 Å². The highest BCUT2D eigenvalue weighted by Gasteiger charge is 2.42. The van der Waals surface area contributed by atoms with Crippen molar-refractivity contribution in [1.82, 2.24) is 9.80 Å². The molecule has 2 aliphatic rings. The van der Waals surface area contributed by atoms with Crippen LogP contribution >= 0.6 is 11.6 Å². The Morgan fingerprint density at radius 2 is 1.75 bits per heavy atom. The van der Waals surface area contributed by atoms with Crippen LogP contribution in [-0.2, 0) is 0 Å². The van der Waals surface area contributed by atoms with E-state index in [1.807, 2.05) is 18.2 Å². The Balaban J connectivity index is 1.69. The highest BCUT2D eigenvalue weighted by Crippen LogP contribution is 2.48. The number of benzene rings is 2. The van der Waals surface area contributed by atoms with Crippen molar-refractivity contribution in [2.24, 2.45) is 0 Å². The summed E-state index contributed by atoms with van der Waals surface area (Å²) in [5, 5.41) is 0.801. The first kappa shape index (κ1) is 19.9. The molecule has 0 amide bonds. The van der Waals surface area contributed by atoms with Gasteiger partial charge in [0.15, 0.2) is 0 Å². The molecule has 0 radical (unpaired) electrons. The molecule has 28 heavy (non-hydrogen) atoms. The van der Waals surface area contributed by atoms with Gasteiger partial charge in [-0.2, -0.15) is 0 Å². The molecule has 1 heterocycles. The van der Waals surface area contributed by atoms with Crippen LogP contribution in [0.3, 0.4) is 0 Å². The molecule has 1 fully saturated rings. The summed E-state index contributed by atoms with van der Waals surface area (Å²) in [5.41, 5.74) is 4.13. The number of rotatable bonds is 4. The number of hydrogen-bond donors (Lipinski definition) is 0. The molecule has 0 bridgehead atoms. The van der Waals surface area contributed by atoms with Gasteiger partial charge >= 0.3 is 0 Å². The first-order valence-corrected chi connectivity index (χ1v) is 10.9. The molecule has 2 aromatic rings. The maximum absolute atomic E-state index is 13.5. The molecule has 4 heteroatoms. The van der Waals surface area contributed by atoms with E-state index in [-0.39, 0.29) is 11.4 Å². The third-order valence-electron chi connectivity index (χ3n) is 7.30. The van der Waals surface area contributed by atoms with Gasteiger partial charge in [-0.1, -0.05) is 43.6 Å². The largest absolute Gasteiger partial charge is 0.298 e. The average Bonchev–Trinajstić information content (AvgIpc) is 3.08. The number of halogens is 2. The number of piperazine rings is 1. The summed E-state index contributed by atoms with van der Waals surface area (Å²) in [5.74, 6) is 0.125. The molecule has 1 saturated heterocycles. The molecule has 0 spiro atoms. The van der Waals surface area contributed by atoms with Crippen molar-refractivity contribution in [3.63, 3.8) is 0 Å². The molecule has 0 aromatic heterocycles. The van der Waals surface area contributed by atoms with E-state index in [2.05, 4.69) is 42.8 Å². The Bertz CT molecular complexity index is 831. The molecule has 0 saturated carbocycles. The number of likely N-dealkylation sites (N-methyl/N-ethyl adjacent to an activating group) is 1. The molecule has 1 aliphatic carbocycles. The second-order valence-corrected chi connectivity index (χ2v) is 8.89. The van der Waals surface area contributed by atoms with Crippen LogP contribution in [0.25, 0.3) is 0 Å². The summed E-state index contributed by atoms with van der Waals surface area (Å²) in [6.07, 6.45) is 3.36. The Morgan fingerprint density at radius 3 is 2.43 bits per heavy atom. The van der Waals surface area contributed by atoms with Crippen molar-refractivity contribution in [2.45, 2.75) is 50.6 Å². The summed E-state index contributed by atoms with van der Waals surface area (Å²) in [6.45, 7) is 7.87. The topological polar surface area (TPSA) is 6.48 Å². The van der Waals surface area contributed by atoms with E-state index < -0.39 is 0 Å². The molecular weight excluding hydrogens is 371 g/mol. The maximum atomic E-state index is 13.5. The fraction of sp³-hybridized carbons (Fsp3) is 0.500. The lowest BCUT2D eigenvalue weighted by Crippen LogP contribution is -2.60. The van der Waals surface area contributed by atoms with E-state index in [1.54, 1.807) is 12.1 Å². The molecule has 0 unspecified atom stereocenters. The van der Waals surface area contributed by atoms with E-state index >= 15 is 0 Å². The van der Waals surface area contributed by atoms with Crippen LogP contribution in [0.4, 0.5) is 4.39 Å². The lowest BCUT2D eigenvalue weighted by molar-refractivity contribution is -0.0105. The van der Waals surface area contributed by atoms with E-state index in [1.165, 1.54) is 16.7 Å². The minimum Gasteiger partial charge on any atom is -0.298 e.